The van der Waals surface area contributed by atoms with E-state index >= 15 is 0 Å². The standard InChI is InChI=1S/C17H31N/c1-2-14-18-17(16-12-8-9-13-16)15-10-6-4-3-5-7-11-15/h10,16-18H,2-9,11-14H2,1H3. The van der Waals surface area contributed by atoms with Crippen LogP contribution in [-0.2, 0) is 0 Å². The van der Waals surface area contributed by atoms with Gasteiger partial charge in [0.1, 0.15) is 0 Å². The highest BCUT2D eigenvalue weighted by Gasteiger charge is 2.27. The van der Waals surface area contributed by atoms with E-state index in [1.807, 2.05) is 0 Å². The Balaban J connectivity index is 1.99. The van der Waals surface area contributed by atoms with Crippen LogP contribution < -0.4 is 5.32 Å². The Kier molecular flexibility index (Phi) is 6.26. The van der Waals surface area contributed by atoms with Crippen molar-refractivity contribution in [1.29, 1.82) is 0 Å². The highest BCUT2D eigenvalue weighted by Crippen LogP contribution is 2.33. The Morgan fingerprint density at radius 3 is 2.67 bits per heavy atom. The molecule has 0 aliphatic heterocycles. The van der Waals surface area contributed by atoms with Crippen LogP contribution in [0.15, 0.2) is 11.6 Å². The second-order valence-electron chi connectivity index (χ2n) is 6.21. The molecule has 0 aromatic heterocycles. The second kappa shape index (κ2) is 7.99. The number of hydrogen-bond acceptors (Lipinski definition) is 1. The molecule has 0 amide bonds. The van der Waals surface area contributed by atoms with E-state index in [0.717, 1.165) is 5.92 Å². The van der Waals surface area contributed by atoms with Crippen LogP contribution in [0, 0.1) is 5.92 Å². The van der Waals surface area contributed by atoms with Crippen molar-refractivity contribution in [3.05, 3.63) is 11.6 Å². The van der Waals surface area contributed by atoms with Gasteiger partial charge in [-0.25, -0.2) is 0 Å². The van der Waals surface area contributed by atoms with Crippen LogP contribution in [0.5, 0.6) is 0 Å². The first kappa shape index (κ1) is 14.1. The van der Waals surface area contributed by atoms with Gasteiger partial charge in [0.05, 0.1) is 0 Å². The van der Waals surface area contributed by atoms with Gasteiger partial charge in [0.15, 0.2) is 0 Å². The van der Waals surface area contributed by atoms with Crippen molar-refractivity contribution in [1.82, 2.24) is 5.32 Å². The summed E-state index contributed by atoms with van der Waals surface area (Å²) in [5.41, 5.74) is 1.76. The molecular formula is C17H31N. The third kappa shape index (κ3) is 4.12. The molecule has 1 N–H and O–H groups in total. The molecule has 104 valence electrons. The van der Waals surface area contributed by atoms with Crippen molar-refractivity contribution in [3.63, 3.8) is 0 Å². The predicted octanol–water partition coefficient (Wildman–Crippen LogP) is 4.83. The molecule has 1 fully saturated rings. The van der Waals surface area contributed by atoms with E-state index in [4.69, 9.17) is 0 Å². The Hall–Kier alpha value is -0.300. The zero-order valence-corrected chi connectivity index (χ0v) is 12.2. The minimum Gasteiger partial charge on any atom is -0.310 e. The van der Waals surface area contributed by atoms with E-state index in [0.29, 0.717) is 6.04 Å². The number of rotatable bonds is 5. The van der Waals surface area contributed by atoms with Crippen LogP contribution >= 0.6 is 0 Å². The van der Waals surface area contributed by atoms with E-state index in [1.165, 1.54) is 77.2 Å². The van der Waals surface area contributed by atoms with Gasteiger partial charge in [-0.05, 0) is 57.4 Å². The van der Waals surface area contributed by atoms with Crippen molar-refractivity contribution < 1.29 is 0 Å². The van der Waals surface area contributed by atoms with Gasteiger partial charge in [0, 0.05) is 6.04 Å². The Bertz CT molecular complexity index is 250. The van der Waals surface area contributed by atoms with Crippen molar-refractivity contribution in [2.24, 2.45) is 5.92 Å². The van der Waals surface area contributed by atoms with Crippen LogP contribution in [-0.4, -0.2) is 12.6 Å². The molecule has 1 atom stereocenters. The fourth-order valence-corrected chi connectivity index (χ4v) is 3.69. The Morgan fingerprint density at radius 2 is 1.89 bits per heavy atom. The fourth-order valence-electron chi connectivity index (χ4n) is 3.69. The topological polar surface area (TPSA) is 12.0 Å². The van der Waals surface area contributed by atoms with Crippen molar-refractivity contribution >= 4 is 0 Å². The maximum atomic E-state index is 3.86. The molecular weight excluding hydrogens is 218 g/mol. The average molecular weight is 249 g/mol. The van der Waals surface area contributed by atoms with Crippen LogP contribution in [0.25, 0.3) is 0 Å². The highest BCUT2D eigenvalue weighted by atomic mass is 14.9. The van der Waals surface area contributed by atoms with E-state index < -0.39 is 0 Å². The zero-order valence-electron chi connectivity index (χ0n) is 12.2. The summed E-state index contributed by atoms with van der Waals surface area (Å²) < 4.78 is 0. The smallest absolute Gasteiger partial charge is 0.0307 e. The minimum atomic E-state index is 0.713. The van der Waals surface area contributed by atoms with Crippen LogP contribution in [0.4, 0.5) is 0 Å². The normalized spacial score (nSPS) is 24.4. The summed E-state index contributed by atoms with van der Waals surface area (Å²) in [7, 11) is 0. The molecule has 18 heavy (non-hydrogen) atoms. The lowest BCUT2D eigenvalue weighted by atomic mass is 9.86. The minimum absolute atomic E-state index is 0.713. The Labute approximate surface area is 113 Å². The summed E-state index contributed by atoms with van der Waals surface area (Å²) in [4.78, 5) is 0. The Morgan fingerprint density at radius 1 is 1.11 bits per heavy atom. The summed E-state index contributed by atoms with van der Waals surface area (Å²) in [5.74, 6) is 0.933. The molecule has 0 radical (unpaired) electrons. The zero-order chi connectivity index (χ0) is 12.6. The van der Waals surface area contributed by atoms with Crippen molar-refractivity contribution in [3.8, 4) is 0 Å². The van der Waals surface area contributed by atoms with Gasteiger partial charge in [0.25, 0.3) is 0 Å². The van der Waals surface area contributed by atoms with Gasteiger partial charge >= 0.3 is 0 Å². The summed E-state index contributed by atoms with van der Waals surface area (Å²) in [6.45, 7) is 3.48. The van der Waals surface area contributed by atoms with E-state index in [-0.39, 0.29) is 0 Å². The fraction of sp³-hybridized carbons (Fsp3) is 0.882. The van der Waals surface area contributed by atoms with Gasteiger partial charge in [-0.1, -0.05) is 44.3 Å². The summed E-state index contributed by atoms with van der Waals surface area (Å²) in [6, 6.07) is 0.713. The molecule has 1 unspecified atom stereocenters. The first-order valence-electron chi connectivity index (χ1n) is 8.34. The van der Waals surface area contributed by atoms with Crippen LogP contribution in [0.3, 0.4) is 0 Å². The first-order chi connectivity index (χ1) is 8.92. The van der Waals surface area contributed by atoms with Crippen LogP contribution in [0.1, 0.15) is 77.6 Å². The molecule has 1 saturated carbocycles. The SMILES string of the molecule is CCCNC(C1=CCCCCCC1)C1CCCC1. The third-order valence-corrected chi connectivity index (χ3v) is 4.71. The maximum Gasteiger partial charge on any atom is 0.0307 e. The maximum absolute atomic E-state index is 3.86. The molecule has 1 nitrogen and oxygen atoms in total. The summed E-state index contributed by atoms with van der Waals surface area (Å²) in [5, 5.41) is 3.86. The highest BCUT2D eigenvalue weighted by molar-refractivity contribution is 5.14. The number of hydrogen-bond donors (Lipinski definition) is 1. The second-order valence-corrected chi connectivity index (χ2v) is 6.21. The molecule has 0 bridgehead atoms. The van der Waals surface area contributed by atoms with Gasteiger partial charge < -0.3 is 5.32 Å². The monoisotopic (exact) mass is 249 g/mol. The van der Waals surface area contributed by atoms with E-state index in [2.05, 4.69) is 18.3 Å². The largest absolute Gasteiger partial charge is 0.310 e. The molecule has 0 saturated heterocycles. The lowest BCUT2D eigenvalue weighted by Crippen LogP contribution is -2.37. The molecule has 0 aromatic carbocycles. The quantitative estimate of drug-likeness (QED) is 0.688. The molecule has 2 aliphatic rings. The lowest BCUT2D eigenvalue weighted by Gasteiger charge is -2.28. The third-order valence-electron chi connectivity index (χ3n) is 4.71. The lowest BCUT2D eigenvalue weighted by molar-refractivity contribution is 0.386. The van der Waals surface area contributed by atoms with Crippen LogP contribution in [0.2, 0.25) is 0 Å². The molecule has 1 heteroatoms. The average Bonchev–Trinajstić information content (AvgIpc) is 2.85. The van der Waals surface area contributed by atoms with Gasteiger partial charge in [-0.3, -0.25) is 0 Å². The molecule has 0 spiro atoms. The van der Waals surface area contributed by atoms with Gasteiger partial charge in [-0.15, -0.1) is 0 Å². The van der Waals surface area contributed by atoms with Gasteiger partial charge in [-0.2, -0.15) is 0 Å². The molecule has 2 rings (SSSR count). The number of allylic oxidation sites excluding steroid dienone is 1. The van der Waals surface area contributed by atoms with Crippen molar-refractivity contribution in [2.45, 2.75) is 83.6 Å². The molecule has 0 aromatic rings. The summed E-state index contributed by atoms with van der Waals surface area (Å²) in [6.07, 6.45) is 18.1. The van der Waals surface area contributed by atoms with E-state index in [9.17, 15) is 0 Å². The van der Waals surface area contributed by atoms with E-state index in [1.54, 1.807) is 5.57 Å². The first-order valence-corrected chi connectivity index (χ1v) is 8.34. The number of nitrogens with one attached hydrogen (secondary N) is 1. The van der Waals surface area contributed by atoms with Crippen molar-refractivity contribution in [2.75, 3.05) is 6.54 Å². The predicted molar refractivity (Wildman–Crippen MR) is 79.8 cm³/mol. The molecule has 2 aliphatic carbocycles. The summed E-state index contributed by atoms with van der Waals surface area (Å²) >= 11 is 0. The molecule has 0 heterocycles. The van der Waals surface area contributed by atoms with Gasteiger partial charge in [0.2, 0.25) is 0 Å².